The molecule has 2 unspecified atom stereocenters. The number of nitrogens with two attached hydrogens (primary N) is 1. The van der Waals surface area contributed by atoms with E-state index in [0.717, 1.165) is 18.7 Å². The van der Waals surface area contributed by atoms with Crippen LogP contribution >= 0.6 is 0 Å². The predicted octanol–water partition coefficient (Wildman–Crippen LogP) is 1.87. The number of fused-ring (bicyclic) bond motifs is 1. The molecule has 1 aliphatic rings. The highest BCUT2D eigenvalue weighted by atomic mass is 15.3. The van der Waals surface area contributed by atoms with Crippen molar-refractivity contribution in [1.82, 2.24) is 19.3 Å². The molecule has 0 saturated heterocycles. The standard InChI is InChI=1S/C14H21N5/c1-9-7-11-12(15)5-4-6-13(11)19(9)10(2)14-17-16-8-18(14)3/h7-8,10,12H,4-6,15H2,1-3H3. The first kappa shape index (κ1) is 12.4. The molecule has 0 bridgehead atoms. The topological polar surface area (TPSA) is 61.7 Å². The SMILES string of the molecule is Cc1cc2c(n1C(C)c1nncn1C)CCCC2N. The van der Waals surface area contributed by atoms with Gasteiger partial charge in [-0.15, -0.1) is 10.2 Å². The average molecular weight is 259 g/mol. The fourth-order valence-corrected chi connectivity index (χ4v) is 3.29. The molecular weight excluding hydrogens is 238 g/mol. The summed E-state index contributed by atoms with van der Waals surface area (Å²) in [5.41, 5.74) is 10.2. The van der Waals surface area contributed by atoms with Crippen LogP contribution < -0.4 is 5.73 Å². The molecule has 0 spiro atoms. The number of aryl methyl sites for hydroxylation is 2. The number of nitrogens with zero attached hydrogens (tertiary/aromatic N) is 4. The van der Waals surface area contributed by atoms with E-state index in [2.05, 4.69) is 34.7 Å². The molecule has 5 nitrogen and oxygen atoms in total. The summed E-state index contributed by atoms with van der Waals surface area (Å²) < 4.78 is 4.36. The Bertz CT molecular complexity index is 595. The lowest BCUT2D eigenvalue weighted by Gasteiger charge is -2.24. The van der Waals surface area contributed by atoms with Gasteiger partial charge in [0.25, 0.3) is 0 Å². The summed E-state index contributed by atoms with van der Waals surface area (Å²) in [6.07, 6.45) is 5.12. The molecule has 2 heterocycles. The van der Waals surface area contributed by atoms with Gasteiger partial charge in [0.2, 0.25) is 0 Å². The highest BCUT2D eigenvalue weighted by molar-refractivity contribution is 5.34. The average Bonchev–Trinajstić information content (AvgIpc) is 2.93. The van der Waals surface area contributed by atoms with Gasteiger partial charge in [0.1, 0.15) is 6.33 Å². The van der Waals surface area contributed by atoms with Gasteiger partial charge in [-0.1, -0.05) is 0 Å². The zero-order valence-electron chi connectivity index (χ0n) is 11.8. The Balaban J connectivity index is 2.08. The van der Waals surface area contributed by atoms with Crippen molar-refractivity contribution in [2.24, 2.45) is 12.8 Å². The maximum absolute atomic E-state index is 6.23. The van der Waals surface area contributed by atoms with Gasteiger partial charge in [0, 0.05) is 24.5 Å². The second-order valence-corrected chi connectivity index (χ2v) is 5.53. The van der Waals surface area contributed by atoms with E-state index in [4.69, 9.17) is 5.73 Å². The third-order valence-corrected chi connectivity index (χ3v) is 4.20. The fraction of sp³-hybridized carbons (Fsp3) is 0.571. The van der Waals surface area contributed by atoms with Crippen LogP contribution in [0.4, 0.5) is 0 Å². The summed E-state index contributed by atoms with van der Waals surface area (Å²) in [4.78, 5) is 0. The summed E-state index contributed by atoms with van der Waals surface area (Å²) in [5, 5.41) is 8.23. The zero-order valence-corrected chi connectivity index (χ0v) is 11.8. The van der Waals surface area contributed by atoms with Crippen LogP contribution in [0.3, 0.4) is 0 Å². The quantitative estimate of drug-likeness (QED) is 0.895. The van der Waals surface area contributed by atoms with E-state index >= 15 is 0 Å². The van der Waals surface area contributed by atoms with Crippen LogP contribution in [0.15, 0.2) is 12.4 Å². The van der Waals surface area contributed by atoms with E-state index in [1.165, 1.54) is 23.4 Å². The number of aromatic nitrogens is 4. The van der Waals surface area contributed by atoms with Crippen molar-refractivity contribution in [1.29, 1.82) is 0 Å². The van der Waals surface area contributed by atoms with Crippen LogP contribution in [0, 0.1) is 6.92 Å². The summed E-state index contributed by atoms with van der Waals surface area (Å²) in [6, 6.07) is 2.63. The maximum Gasteiger partial charge on any atom is 0.155 e. The lowest BCUT2D eigenvalue weighted by atomic mass is 9.93. The molecule has 0 aliphatic heterocycles. The van der Waals surface area contributed by atoms with Gasteiger partial charge in [-0.3, -0.25) is 0 Å². The van der Waals surface area contributed by atoms with Crippen molar-refractivity contribution < 1.29 is 0 Å². The van der Waals surface area contributed by atoms with Crippen molar-refractivity contribution in [2.75, 3.05) is 0 Å². The van der Waals surface area contributed by atoms with E-state index in [1.807, 2.05) is 11.6 Å². The summed E-state index contributed by atoms with van der Waals surface area (Å²) in [7, 11) is 1.99. The van der Waals surface area contributed by atoms with E-state index in [9.17, 15) is 0 Å². The fourth-order valence-electron chi connectivity index (χ4n) is 3.29. The molecule has 2 aromatic rings. The molecule has 5 heteroatoms. The van der Waals surface area contributed by atoms with E-state index in [0.29, 0.717) is 0 Å². The monoisotopic (exact) mass is 259 g/mol. The van der Waals surface area contributed by atoms with Crippen molar-refractivity contribution in [3.05, 3.63) is 35.2 Å². The molecular formula is C14H21N5. The predicted molar refractivity (Wildman–Crippen MR) is 73.9 cm³/mol. The maximum atomic E-state index is 6.23. The molecule has 2 aromatic heterocycles. The molecule has 0 amide bonds. The van der Waals surface area contributed by atoms with Crippen LogP contribution in [0.2, 0.25) is 0 Å². The first-order chi connectivity index (χ1) is 9.09. The molecule has 3 rings (SSSR count). The Morgan fingerprint density at radius 1 is 1.47 bits per heavy atom. The highest BCUT2D eigenvalue weighted by Gasteiger charge is 2.26. The van der Waals surface area contributed by atoms with Gasteiger partial charge in [0.05, 0.1) is 6.04 Å². The molecule has 2 N–H and O–H groups in total. The van der Waals surface area contributed by atoms with Crippen LogP contribution in [0.5, 0.6) is 0 Å². The van der Waals surface area contributed by atoms with Crippen molar-refractivity contribution in [3.8, 4) is 0 Å². The van der Waals surface area contributed by atoms with Crippen LogP contribution in [-0.2, 0) is 13.5 Å². The Hall–Kier alpha value is -1.62. The summed E-state index contributed by atoms with van der Waals surface area (Å²) in [5.74, 6) is 0.987. The second-order valence-electron chi connectivity index (χ2n) is 5.53. The lowest BCUT2D eigenvalue weighted by Crippen LogP contribution is -2.21. The Morgan fingerprint density at radius 3 is 2.95 bits per heavy atom. The van der Waals surface area contributed by atoms with Crippen molar-refractivity contribution >= 4 is 0 Å². The van der Waals surface area contributed by atoms with Gasteiger partial charge in [-0.25, -0.2) is 0 Å². The minimum Gasteiger partial charge on any atom is -0.338 e. The molecule has 0 fully saturated rings. The van der Waals surface area contributed by atoms with Gasteiger partial charge in [-0.2, -0.15) is 0 Å². The van der Waals surface area contributed by atoms with Crippen molar-refractivity contribution in [3.63, 3.8) is 0 Å². The van der Waals surface area contributed by atoms with Gasteiger partial charge in [0.15, 0.2) is 5.82 Å². The van der Waals surface area contributed by atoms with Crippen LogP contribution in [0.1, 0.15) is 54.6 Å². The van der Waals surface area contributed by atoms with Gasteiger partial charge >= 0.3 is 0 Å². The summed E-state index contributed by atoms with van der Waals surface area (Å²) >= 11 is 0. The van der Waals surface area contributed by atoms with E-state index in [1.54, 1.807) is 6.33 Å². The second kappa shape index (κ2) is 4.49. The number of rotatable bonds is 2. The zero-order chi connectivity index (χ0) is 13.6. The Kier molecular flexibility index (Phi) is 2.93. The molecule has 102 valence electrons. The molecule has 0 saturated carbocycles. The number of hydrogen-bond acceptors (Lipinski definition) is 3. The normalized spacial score (nSPS) is 20.3. The first-order valence-electron chi connectivity index (χ1n) is 6.89. The third kappa shape index (κ3) is 1.89. The van der Waals surface area contributed by atoms with Crippen molar-refractivity contribution in [2.45, 2.75) is 45.2 Å². The Labute approximate surface area is 113 Å². The lowest BCUT2D eigenvalue weighted by molar-refractivity contribution is 0.502. The van der Waals surface area contributed by atoms with Gasteiger partial charge in [-0.05, 0) is 44.7 Å². The first-order valence-corrected chi connectivity index (χ1v) is 6.89. The smallest absolute Gasteiger partial charge is 0.155 e. The Morgan fingerprint density at radius 2 is 2.26 bits per heavy atom. The molecule has 0 aromatic carbocycles. The highest BCUT2D eigenvalue weighted by Crippen LogP contribution is 2.33. The largest absolute Gasteiger partial charge is 0.338 e. The number of hydrogen-bond donors (Lipinski definition) is 1. The molecule has 2 atom stereocenters. The molecule has 19 heavy (non-hydrogen) atoms. The third-order valence-electron chi connectivity index (χ3n) is 4.20. The van der Waals surface area contributed by atoms with Gasteiger partial charge < -0.3 is 14.9 Å². The minimum absolute atomic E-state index is 0.190. The van der Waals surface area contributed by atoms with Crippen LogP contribution in [0.25, 0.3) is 0 Å². The van der Waals surface area contributed by atoms with E-state index < -0.39 is 0 Å². The minimum atomic E-state index is 0.190. The summed E-state index contributed by atoms with van der Waals surface area (Å²) in [6.45, 7) is 4.33. The van der Waals surface area contributed by atoms with Crippen LogP contribution in [-0.4, -0.2) is 19.3 Å². The molecule has 1 aliphatic carbocycles. The molecule has 0 radical (unpaired) electrons. The van der Waals surface area contributed by atoms with E-state index in [-0.39, 0.29) is 12.1 Å².